The fraction of sp³-hybridized carbons (Fsp3) is 0.167. The molecule has 48 valence electrons. The van der Waals surface area contributed by atoms with E-state index in [4.69, 9.17) is 11.6 Å². The van der Waals surface area contributed by atoms with Gasteiger partial charge in [-0.05, 0) is 24.6 Å². The highest BCUT2D eigenvalue weighted by Gasteiger charge is 1.91. The molecule has 1 rings (SSSR count). The number of hydrogen-bond donors (Lipinski definition) is 1. The normalized spacial score (nSPS) is 9.67. The summed E-state index contributed by atoms with van der Waals surface area (Å²) in [6.45, 7) is 1.95. The van der Waals surface area contributed by atoms with Gasteiger partial charge < -0.3 is 0 Å². The van der Waals surface area contributed by atoms with Gasteiger partial charge in [-0.15, -0.1) is 12.6 Å². The van der Waals surface area contributed by atoms with E-state index < -0.39 is 0 Å². The van der Waals surface area contributed by atoms with E-state index in [0.717, 1.165) is 5.56 Å². The summed E-state index contributed by atoms with van der Waals surface area (Å²) in [6.07, 6.45) is 0. The molecule has 0 saturated carbocycles. The molecule has 0 fully saturated rings. The van der Waals surface area contributed by atoms with Crippen LogP contribution in [0.25, 0.3) is 0 Å². The van der Waals surface area contributed by atoms with E-state index >= 15 is 0 Å². The molecule has 0 amide bonds. The van der Waals surface area contributed by atoms with Crippen molar-refractivity contribution in [1.29, 1.82) is 0 Å². The second kappa shape index (κ2) is 2.58. The standard InChI is InChI=1S/C6H6ClNS/c1-4-2-5(7)8-6(9)3-4/h2-3H,1H3,(H,8,9). The Balaban J connectivity index is 3.17. The van der Waals surface area contributed by atoms with Gasteiger partial charge in [-0.25, -0.2) is 4.98 Å². The lowest BCUT2D eigenvalue weighted by Gasteiger charge is -1.93. The summed E-state index contributed by atoms with van der Waals surface area (Å²) in [4.78, 5) is 3.86. The smallest absolute Gasteiger partial charge is 0.130 e. The Labute approximate surface area is 64.5 Å². The van der Waals surface area contributed by atoms with Crippen molar-refractivity contribution in [2.45, 2.75) is 11.9 Å². The van der Waals surface area contributed by atoms with Crippen LogP contribution in [0.15, 0.2) is 17.2 Å². The molecule has 0 unspecified atom stereocenters. The fourth-order valence-corrected chi connectivity index (χ4v) is 1.24. The number of pyridine rings is 1. The van der Waals surface area contributed by atoms with Crippen molar-refractivity contribution < 1.29 is 0 Å². The maximum atomic E-state index is 5.59. The van der Waals surface area contributed by atoms with Crippen molar-refractivity contribution >= 4 is 24.2 Å². The Morgan fingerprint density at radius 1 is 1.56 bits per heavy atom. The quantitative estimate of drug-likeness (QED) is 0.453. The molecule has 1 heterocycles. The van der Waals surface area contributed by atoms with Crippen LogP contribution in [0.1, 0.15) is 5.56 Å². The molecule has 0 atom stereocenters. The first-order valence-corrected chi connectivity index (χ1v) is 3.34. The summed E-state index contributed by atoms with van der Waals surface area (Å²) in [5.41, 5.74) is 1.08. The van der Waals surface area contributed by atoms with Gasteiger partial charge in [0.05, 0.1) is 5.03 Å². The zero-order valence-electron chi connectivity index (χ0n) is 4.93. The minimum Gasteiger partial charge on any atom is -0.230 e. The molecule has 0 aliphatic rings. The summed E-state index contributed by atoms with van der Waals surface area (Å²) in [5, 5.41) is 1.17. The zero-order chi connectivity index (χ0) is 6.85. The molecule has 0 aliphatic heterocycles. The number of halogens is 1. The Bertz CT molecular complexity index is 174. The molecular weight excluding hydrogens is 154 g/mol. The third-order valence-corrected chi connectivity index (χ3v) is 1.35. The summed E-state index contributed by atoms with van der Waals surface area (Å²) in [6, 6.07) is 3.65. The number of nitrogens with zero attached hydrogens (tertiary/aromatic N) is 1. The van der Waals surface area contributed by atoms with Crippen LogP contribution in [0.3, 0.4) is 0 Å². The van der Waals surface area contributed by atoms with E-state index in [1.54, 1.807) is 6.07 Å². The second-order valence-electron chi connectivity index (χ2n) is 1.83. The monoisotopic (exact) mass is 159 g/mol. The average Bonchev–Trinajstić information content (AvgIpc) is 1.59. The average molecular weight is 160 g/mol. The van der Waals surface area contributed by atoms with Crippen LogP contribution in [0.2, 0.25) is 5.15 Å². The zero-order valence-corrected chi connectivity index (χ0v) is 6.58. The number of rotatable bonds is 0. The molecule has 9 heavy (non-hydrogen) atoms. The minimum absolute atomic E-state index is 0.500. The molecule has 0 spiro atoms. The van der Waals surface area contributed by atoms with Gasteiger partial charge in [0, 0.05) is 0 Å². The Morgan fingerprint density at radius 3 is 2.67 bits per heavy atom. The molecule has 3 heteroatoms. The third kappa shape index (κ3) is 1.88. The van der Waals surface area contributed by atoms with Crippen LogP contribution in [-0.2, 0) is 0 Å². The van der Waals surface area contributed by atoms with Crippen molar-refractivity contribution in [3.63, 3.8) is 0 Å². The summed E-state index contributed by atoms with van der Waals surface area (Å²) < 4.78 is 0. The van der Waals surface area contributed by atoms with Crippen LogP contribution >= 0.6 is 24.2 Å². The largest absolute Gasteiger partial charge is 0.230 e. The van der Waals surface area contributed by atoms with E-state index in [9.17, 15) is 0 Å². The van der Waals surface area contributed by atoms with Gasteiger partial charge in [-0.1, -0.05) is 11.6 Å². The highest BCUT2D eigenvalue weighted by atomic mass is 35.5. The Hall–Kier alpha value is -0.210. The van der Waals surface area contributed by atoms with E-state index in [2.05, 4.69) is 17.6 Å². The molecule has 0 bridgehead atoms. The van der Waals surface area contributed by atoms with Crippen LogP contribution in [0.4, 0.5) is 0 Å². The predicted molar refractivity (Wildman–Crippen MR) is 41.2 cm³/mol. The van der Waals surface area contributed by atoms with Gasteiger partial charge in [0.1, 0.15) is 5.15 Å². The summed E-state index contributed by atoms with van der Waals surface area (Å²) in [7, 11) is 0. The van der Waals surface area contributed by atoms with Crippen LogP contribution < -0.4 is 0 Å². The van der Waals surface area contributed by atoms with Gasteiger partial charge >= 0.3 is 0 Å². The Kier molecular flexibility index (Phi) is 1.98. The van der Waals surface area contributed by atoms with E-state index in [1.165, 1.54) is 0 Å². The lowest BCUT2D eigenvalue weighted by Crippen LogP contribution is -1.78. The number of hydrogen-bond acceptors (Lipinski definition) is 2. The number of aryl methyl sites for hydroxylation is 1. The molecule has 1 aromatic rings. The highest BCUT2D eigenvalue weighted by molar-refractivity contribution is 7.80. The van der Waals surface area contributed by atoms with Crippen LogP contribution in [0.5, 0.6) is 0 Å². The summed E-state index contributed by atoms with van der Waals surface area (Å²) in [5.74, 6) is 0. The molecule has 0 aromatic carbocycles. The molecule has 1 nitrogen and oxygen atoms in total. The first-order chi connectivity index (χ1) is 4.18. The van der Waals surface area contributed by atoms with Gasteiger partial charge in [0.15, 0.2) is 0 Å². The molecule has 0 aliphatic carbocycles. The molecule has 0 saturated heterocycles. The lowest BCUT2D eigenvalue weighted by molar-refractivity contribution is 1.12. The first kappa shape index (κ1) is 6.90. The fourth-order valence-electron chi connectivity index (χ4n) is 0.607. The number of aromatic nitrogens is 1. The summed E-state index contributed by atoms with van der Waals surface area (Å²) >= 11 is 9.62. The molecular formula is C6H6ClNS. The first-order valence-electron chi connectivity index (χ1n) is 2.51. The maximum absolute atomic E-state index is 5.59. The van der Waals surface area contributed by atoms with Gasteiger partial charge in [0.25, 0.3) is 0 Å². The van der Waals surface area contributed by atoms with Gasteiger partial charge in [-0.3, -0.25) is 0 Å². The molecule has 1 aromatic heterocycles. The van der Waals surface area contributed by atoms with Crippen LogP contribution in [-0.4, -0.2) is 4.98 Å². The van der Waals surface area contributed by atoms with Crippen molar-refractivity contribution in [2.75, 3.05) is 0 Å². The lowest BCUT2D eigenvalue weighted by atomic mass is 10.3. The minimum atomic E-state index is 0.500. The van der Waals surface area contributed by atoms with E-state index in [-0.39, 0.29) is 0 Å². The third-order valence-electron chi connectivity index (χ3n) is 0.925. The van der Waals surface area contributed by atoms with Crippen molar-refractivity contribution in [3.05, 3.63) is 22.8 Å². The molecule has 0 radical (unpaired) electrons. The number of thiol groups is 1. The molecule has 0 N–H and O–H groups in total. The predicted octanol–water partition coefficient (Wildman–Crippen LogP) is 2.33. The highest BCUT2D eigenvalue weighted by Crippen LogP contribution is 2.11. The second-order valence-corrected chi connectivity index (χ2v) is 2.67. The topological polar surface area (TPSA) is 12.9 Å². The Morgan fingerprint density at radius 2 is 2.22 bits per heavy atom. The van der Waals surface area contributed by atoms with E-state index in [0.29, 0.717) is 10.2 Å². The van der Waals surface area contributed by atoms with Crippen molar-refractivity contribution in [3.8, 4) is 0 Å². The van der Waals surface area contributed by atoms with Crippen LogP contribution in [0, 0.1) is 6.92 Å². The maximum Gasteiger partial charge on any atom is 0.130 e. The van der Waals surface area contributed by atoms with Crippen molar-refractivity contribution in [1.82, 2.24) is 4.98 Å². The van der Waals surface area contributed by atoms with E-state index in [1.807, 2.05) is 13.0 Å². The van der Waals surface area contributed by atoms with Gasteiger partial charge in [0.2, 0.25) is 0 Å². The SMILES string of the molecule is Cc1cc(S)nc(Cl)c1. The van der Waals surface area contributed by atoms with Crippen molar-refractivity contribution in [2.24, 2.45) is 0 Å². The van der Waals surface area contributed by atoms with Gasteiger partial charge in [-0.2, -0.15) is 0 Å².